The van der Waals surface area contributed by atoms with Crippen LogP contribution in [0.5, 0.6) is 0 Å². The Morgan fingerprint density at radius 2 is 2.00 bits per heavy atom. The number of nitrogens with zero attached hydrogens (tertiary/aromatic N) is 3. The number of aromatic nitrogens is 3. The van der Waals surface area contributed by atoms with Gasteiger partial charge in [0, 0.05) is 12.7 Å². The number of pyridine rings is 1. The Balaban J connectivity index is 1.52. The number of hydrogen-bond acceptors (Lipinski definition) is 4. The summed E-state index contributed by atoms with van der Waals surface area (Å²) in [5, 5.41) is 10.9. The SMILES string of the molecule is O=C(NCc1ccc(F)c(F)c1)c1ccc2nnc(Cc3ccco3)n2c1. The van der Waals surface area contributed by atoms with Crippen molar-refractivity contribution in [1.82, 2.24) is 19.9 Å². The van der Waals surface area contributed by atoms with Crippen molar-refractivity contribution in [2.45, 2.75) is 13.0 Å². The summed E-state index contributed by atoms with van der Waals surface area (Å²) in [6.07, 6.45) is 3.65. The molecule has 0 fully saturated rings. The van der Waals surface area contributed by atoms with E-state index in [2.05, 4.69) is 15.5 Å². The summed E-state index contributed by atoms with van der Waals surface area (Å²) in [4.78, 5) is 12.4. The minimum absolute atomic E-state index is 0.0789. The zero-order chi connectivity index (χ0) is 18.8. The highest BCUT2D eigenvalue weighted by atomic mass is 19.2. The molecule has 1 N–H and O–H groups in total. The largest absolute Gasteiger partial charge is 0.469 e. The van der Waals surface area contributed by atoms with Gasteiger partial charge in [-0.25, -0.2) is 8.78 Å². The second kappa shape index (κ2) is 6.99. The van der Waals surface area contributed by atoms with E-state index in [-0.39, 0.29) is 12.5 Å². The number of fused-ring (bicyclic) bond motifs is 1. The second-order valence-electron chi connectivity index (χ2n) is 5.95. The highest BCUT2D eigenvalue weighted by Gasteiger charge is 2.12. The van der Waals surface area contributed by atoms with Crippen LogP contribution in [0.15, 0.2) is 59.3 Å². The Morgan fingerprint density at radius 3 is 2.78 bits per heavy atom. The third-order valence-corrected chi connectivity index (χ3v) is 4.08. The lowest BCUT2D eigenvalue weighted by Crippen LogP contribution is -2.23. The van der Waals surface area contributed by atoms with Gasteiger partial charge in [-0.2, -0.15) is 0 Å². The van der Waals surface area contributed by atoms with Gasteiger partial charge in [0.05, 0.1) is 18.2 Å². The first-order valence-corrected chi connectivity index (χ1v) is 8.18. The maximum Gasteiger partial charge on any atom is 0.253 e. The fourth-order valence-corrected chi connectivity index (χ4v) is 2.70. The van der Waals surface area contributed by atoms with Crippen molar-refractivity contribution >= 4 is 11.6 Å². The van der Waals surface area contributed by atoms with Crippen LogP contribution in [0, 0.1) is 11.6 Å². The van der Waals surface area contributed by atoms with Crippen molar-refractivity contribution in [3.05, 3.63) is 89.3 Å². The third-order valence-electron chi connectivity index (χ3n) is 4.08. The number of rotatable bonds is 5. The first-order chi connectivity index (χ1) is 13.1. The lowest BCUT2D eigenvalue weighted by Gasteiger charge is -2.07. The molecule has 0 spiro atoms. The van der Waals surface area contributed by atoms with Crippen LogP contribution in [0.4, 0.5) is 8.78 Å². The molecule has 136 valence electrons. The molecule has 0 aliphatic rings. The number of amides is 1. The summed E-state index contributed by atoms with van der Waals surface area (Å²) < 4.78 is 33.3. The molecular formula is C19H14F2N4O2. The van der Waals surface area contributed by atoms with Crippen molar-refractivity contribution in [3.63, 3.8) is 0 Å². The average Bonchev–Trinajstić information content (AvgIpc) is 3.32. The number of benzene rings is 1. The van der Waals surface area contributed by atoms with E-state index in [4.69, 9.17) is 4.42 Å². The summed E-state index contributed by atoms with van der Waals surface area (Å²) in [6, 6.07) is 10.4. The van der Waals surface area contributed by atoms with Crippen LogP contribution in [0.2, 0.25) is 0 Å². The standard InChI is InChI=1S/C19H14F2N4O2/c20-15-5-3-12(8-16(15)21)10-22-19(26)13-4-6-17-23-24-18(25(17)11-13)9-14-2-1-7-27-14/h1-8,11H,9-10H2,(H,22,26). The quantitative estimate of drug-likeness (QED) is 0.587. The van der Waals surface area contributed by atoms with Gasteiger partial charge in [0.2, 0.25) is 0 Å². The van der Waals surface area contributed by atoms with Crippen LogP contribution in [0.1, 0.15) is 27.5 Å². The minimum atomic E-state index is -0.949. The van der Waals surface area contributed by atoms with Crippen molar-refractivity contribution in [1.29, 1.82) is 0 Å². The molecule has 27 heavy (non-hydrogen) atoms. The van der Waals surface area contributed by atoms with Crippen LogP contribution in [-0.4, -0.2) is 20.5 Å². The molecule has 3 aromatic heterocycles. The molecule has 4 rings (SSSR count). The van der Waals surface area contributed by atoms with E-state index < -0.39 is 11.6 Å². The molecule has 0 bridgehead atoms. The van der Waals surface area contributed by atoms with Gasteiger partial charge >= 0.3 is 0 Å². The van der Waals surface area contributed by atoms with Crippen LogP contribution in [-0.2, 0) is 13.0 Å². The monoisotopic (exact) mass is 368 g/mol. The third kappa shape index (κ3) is 3.55. The van der Waals surface area contributed by atoms with E-state index in [1.54, 1.807) is 35.1 Å². The summed E-state index contributed by atoms with van der Waals surface area (Å²) in [7, 11) is 0. The van der Waals surface area contributed by atoms with Gasteiger partial charge in [-0.3, -0.25) is 9.20 Å². The number of nitrogens with one attached hydrogen (secondary N) is 1. The summed E-state index contributed by atoms with van der Waals surface area (Å²) in [5.41, 5.74) is 1.46. The van der Waals surface area contributed by atoms with Gasteiger partial charge < -0.3 is 9.73 Å². The molecule has 4 aromatic rings. The van der Waals surface area contributed by atoms with Gasteiger partial charge in [-0.15, -0.1) is 10.2 Å². The molecule has 0 unspecified atom stereocenters. The maximum absolute atomic E-state index is 13.3. The van der Waals surface area contributed by atoms with E-state index in [9.17, 15) is 13.6 Å². The van der Waals surface area contributed by atoms with Gasteiger partial charge in [-0.05, 0) is 42.0 Å². The van der Waals surface area contributed by atoms with E-state index in [0.29, 0.717) is 29.0 Å². The Labute approximate surface area is 152 Å². The zero-order valence-corrected chi connectivity index (χ0v) is 14.0. The summed E-state index contributed by atoms with van der Waals surface area (Å²) in [6.45, 7) is 0.0789. The van der Waals surface area contributed by atoms with Crippen molar-refractivity contribution in [3.8, 4) is 0 Å². The molecule has 3 heterocycles. The Kier molecular flexibility index (Phi) is 4.37. The molecule has 0 atom stereocenters. The Bertz CT molecular complexity index is 1110. The second-order valence-corrected chi connectivity index (χ2v) is 5.95. The fraction of sp³-hybridized carbons (Fsp3) is 0.105. The Hall–Kier alpha value is -3.55. The van der Waals surface area contributed by atoms with Gasteiger partial charge in [0.25, 0.3) is 5.91 Å². The lowest BCUT2D eigenvalue weighted by atomic mass is 10.2. The molecule has 1 amide bonds. The minimum Gasteiger partial charge on any atom is -0.469 e. The Morgan fingerprint density at radius 1 is 1.11 bits per heavy atom. The number of halogens is 2. The highest BCUT2D eigenvalue weighted by Crippen LogP contribution is 2.13. The number of carbonyl (C=O) groups excluding carboxylic acids is 1. The molecular weight excluding hydrogens is 354 g/mol. The van der Waals surface area contributed by atoms with Crippen LogP contribution < -0.4 is 5.32 Å². The molecule has 8 heteroatoms. The summed E-state index contributed by atoms with van der Waals surface area (Å²) >= 11 is 0. The van der Waals surface area contributed by atoms with Crippen molar-refractivity contribution in [2.75, 3.05) is 0 Å². The normalized spacial score (nSPS) is 11.0. The molecule has 0 saturated heterocycles. The van der Waals surface area contributed by atoms with E-state index >= 15 is 0 Å². The maximum atomic E-state index is 13.3. The molecule has 0 radical (unpaired) electrons. The molecule has 0 aliphatic carbocycles. The van der Waals surface area contributed by atoms with Gasteiger partial charge in [-0.1, -0.05) is 6.07 Å². The average molecular weight is 368 g/mol. The number of hydrogen-bond donors (Lipinski definition) is 1. The van der Waals surface area contributed by atoms with E-state index in [1.165, 1.54) is 6.07 Å². The van der Waals surface area contributed by atoms with Gasteiger partial charge in [0.1, 0.15) is 11.6 Å². The van der Waals surface area contributed by atoms with Crippen LogP contribution in [0.25, 0.3) is 5.65 Å². The zero-order valence-electron chi connectivity index (χ0n) is 14.0. The molecule has 0 aliphatic heterocycles. The molecule has 6 nitrogen and oxygen atoms in total. The van der Waals surface area contributed by atoms with Crippen molar-refractivity contribution in [2.24, 2.45) is 0 Å². The molecule has 0 saturated carbocycles. The van der Waals surface area contributed by atoms with E-state index in [0.717, 1.165) is 17.9 Å². The van der Waals surface area contributed by atoms with Crippen LogP contribution >= 0.6 is 0 Å². The number of furan rings is 1. The van der Waals surface area contributed by atoms with Crippen LogP contribution in [0.3, 0.4) is 0 Å². The lowest BCUT2D eigenvalue weighted by molar-refractivity contribution is 0.0950. The smallest absolute Gasteiger partial charge is 0.253 e. The molecule has 1 aromatic carbocycles. The first-order valence-electron chi connectivity index (χ1n) is 8.18. The van der Waals surface area contributed by atoms with E-state index in [1.807, 2.05) is 6.07 Å². The predicted molar refractivity (Wildman–Crippen MR) is 92.0 cm³/mol. The van der Waals surface area contributed by atoms with Gasteiger partial charge in [0.15, 0.2) is 17.3 Å². The number of carbonyl (C=O) groups is 1. The predicted octanol–water partition coefficient (Wildman–Crippen LogP) is 3.12. The topological polar surface area (TPSA) is 72.4 Å². The summed E-state index contributed by atoms with van der Waals surface area (Å²) in [5.74, 6) is -0.852. The fourth-order valence-electron chi connectivity index (χ4n) is 2.70. The van der Waals surface area contributed by atoms with Crippen molar-refractivity contribution < 1.29 is 18.0 Å². The highest BCUT2D eigenvalue weighted by molar-refractivity contribution is 5.94. The first kappa shape index (κ1) is 16.9.